The van der Waals surface area contributed by atoms with Gasteiger partial charge in [0.05, 0.1) is 22.6 Å². The highest BCUT2D eigenvalue weighted by Crippen LogP contribution is 2.45. The molecule has 0 fully saturated rings. The van der Waals surface area contributed by atoms with E-state index in [1.54, 1.807) is 0 Å². The molecule has 0 aliphatic heterocycles. The SMILES string of the molecule is c1ccc(-c2cc(-c3ccc(-c4ccc5oc6ccc(-c7cccc(-c8ccc9sc%10c(ccc%11c(-c%12ccccc%12)nc%12ccccc%12c%11%10)c9c8)c7)cc6c5c4)cc3)nc(-c3ccccc3)n2)cc1. The van der Waals surface area contributed by atoms with Crippen LogP contribution in [0.5, 0.6) is 0 Å². The van der Waals surface area contributed by atoms with Crippen molar-refractivity contribution in [3.63, 3.8) is 0 Å². The molecule has 0 radical (unpaired) electrons. The summed E-state index contributed by atoms with van der Waals surface area (Å²) in [4.78, 5) is 15.2. The molecule has 0 atom stereocenters. The fourth-order valence-corrected chi connectivity index (χ4v) is 11.4. The Labute approximate surface area is 407 Å². The first kappa shape index (κ1) is 40.1. The monoisotopic (exact) mass is 909 g/mol. The van der Waals surface area contributed by atoms with Crippen molar-refractivity contribution in [1.29, 1.82) is 0 Å². The van der Waals surface area contributed by atoms with Crippen LogP contribution >= 0.6 is 11.3 Å². The van der Waals surface area contributed by atoms with E-state index in [9.17, 15) is 0 Å². The molecular weight excluding hydrogens is 871 g/mol. The standard InChI is InChI=1S/C65H39N3OS/c1-4-13-41(14-5-1)57-39-58(68-65(67-57)44-17-8-3-9-18-44)42-25-23-40(24-26-42)47-27-32-59-53(36-47)54-37-48(28-33-60(54)69-59)45-19-12-20-46(35-45)49-29-34-61-55(38-49)50-30-31-52-62(64(50)70-61)51-21-10-11-22-56(51)66-63(52)43-15-6-2-7-16-43/h1-39H. The Morgan fingerprint density at radius 2 is 0.800 bits per heavy atom. The number of fused-ring (bicyclic) bond motifs is 10. The molecule has 4 heterocycles. The van der Waals surface area contributed by atoms with Crippen LogP contribution in [0, 0.1) is 0 Å². The van der Waals surface area contributed by atoms with E-state index in [1.165, 1.54) is 47.5 Å². The summed E-state index contributed by atoms with van der Waals surface area (Å²) in [5, 5.41) is 8.36. The zero-order chi connectivity index (χ0) is 46.1. The molecular formula is C65H39N3OS. The molecule has 0 amide bonds. The van der Waals surface area contributed by atoms with E-state index in [-0.39, 0.29) is 0 Å². The third-order valence-electron chi connectivity index (χ3n) is 13.7. The van der Waals surface area contributed by atoms with Gasteiger partial charge in [-0.1, -0.05) is 182 Å². The predicted octanol–water partition coefficient (Wildman–Crippen LogP) is 18.1. The fourth-order valence-electron chi connectivity index (χ4n) is 10.2. The maximum absolute atomic E-state index is 6.43. The predicted molar refractivity (Wildman–Crippen MR) is 293 cm³/mol. The van der Waals surface area contributed by atoms with Gasteiger partial charge in [-0.3, -0.25) is 0 Å². The van der Waals surface area contributed by atoms with E-state index in [0.717, 1.165) is 89.0 Å². The van der Waals surface area contributed by atoms with Crippen LogP contribution < -0.4 is 0 Å². The molecule has 0 bridgehead atoms. The van der Waals surface area contributed by atoms with Gasteiger partial charge < -0.3 is 4.42 Å². The number of furan rings is 1. The summed E-state index contributed by atoms with van der Waals surface area (Å²) in [6.07, 6.45) is 0. The largest absolute Gasteiger partial charge is 0.456 e. The Balaban J connectivity index is 0.800. The van der Waals surface area contributed by atoms with Gasteiger partial charge >= 0.3 is 0 Å². The first-order chi connectivity index (χ1) is 34.6. The van der Waals surface area contributed by atoms with E-state index in [2.05, 4.69) is 200 Å². The van der Waals surface area contributed by atoms with Crippen molar-refractivity contribution in [2.45, 2.75) is 0 Å². The van der Waals surface area contributed by atoms with Crippen LogP contribution in [0.2, 0.25) is 0 Å². The number of thiophene rings is 1. The van der Waals surface area contributed by atoms with Gasteiger partial charge in [-0.25, -0.2) is 15.0 Å². The molecule has 14 rings (SSSR count). The lowest BCUT2D eigenvalue weighted by Gasteiger charge is -2.11. The van der Waals surface area contributed by atoms with Crippen LogP contribution in [0.1, 0.15) is 0 Å². The number of rotatable bonds is 7. The summed E-state index contributed by atoms with van der Waals surface area (Å²) in [5.41, 5.74) is 16.7. The molecule has 0 N–H and O–H groups in total. The molecule has 326 valence electrons. The van der Waals surface area contributed by atoms with Crippen molar-refractivity contribution in [3.05, 3.63) is 237 Å². The van der Waals surface area contributed by atoms with Gasteiger partial charge in [0.2, 0.25) is 0 Å². The third-order valence-corrected chi connectivity index (χ3v) is 14.9. The molecule has 4 nitrogen and oxygen atoms in total. The summed E-state index contributed by atoms with van der Waals surface area (Å²) in [6, 6.07) is 83.8. The zero-order valence-corrected chi connectivity index (χ0v) is 38.5. The van der Waals surface area contributed by atoms with E-state index in [0.29, 0.717) is 5.82 Å². The highest BCUT2D eigenvalue weighted by molar-refractivity contribution is 7.26. The van der Waals surface area contributed by atoms with Crippen molar-refractivity contribution in [2.75, 3.05) is 0 Å². The summed E-state index contributed by atoms with van der Waals surface area (Å²) in [6.45, 7) is 0. The number of aromatic nitrogens is 3. The van der Waals surface area contributed by atoms with Crippen molar-refractivity contribution < 1.29 is 4.42 Å². The Bertz CT molecular complexity index is 4270. The minimum atomic E-state index is 0.706. The highest BCUT2D eigenvalue weighted by atomic mass is 32.1. The molecule has 0 aliphatic rings. The molecule has 5 heteroatoms. The van der Waals surface area contributed by atoms with Crippen LogP contribution in [-0.4, -0.2) is 15.0 Å². The number of nitrogens with zero attached hydrogens (tertiary/aromatic N) is 3. The van der Waals surface area contributed by atoms with E-state index >= 15 is 0 Å². The maximum Gasteiger partial charge on any atom is 0.160 e. The van der Waals surface area contributed by atoms with Gasteiger partial charge in [-0.2, -0.15) is 0 Å². The molecule has 0 saturated carbocycles. The van der Waals surface area contributed by atoms with Gasteiger partial charge in [-0.15, -0.1) is 11.3 Å². The Hall–Kier alpha value is -9.03. The van der Waals surface area contributed by atoms with Crippen LogP contribution in [0.3, 0.4) is 0 Å². The number of para-hydroxylation sites is 1. The Kier molecular flexibility index (Phi) is 9.36. The number of hydrogen-bond acceptors (Lipinski definition) is 5. The average molecular weight is 910 g/mol. The summed E-state index contributed by atoms with van der Waals surface area (Å²) >= 11 is 1.87. The molecule has 0 aliphatic carbocycles. The fraction of sp³-hybridized carbons (Fsp3) is 0. The zero-order valence-electron chi connectivity index (χ0n) is 37.7. The van der Waals surface area contributed by atoms with Crippen molar-refractivity contribution in [3.8, 4) is 78.5 Å². The van der Waals surface area contributed by atoms with E-state index in [4.69, 9.17) is 19.4 Å². The van der Waals surface area contributed by atoms with Gasteiger partial charge in [0.25, 0.3) is 0 Å². The minimum absolute atomic E-state index is 0.706. The average Bonchev–Trinajstić information content (AvgIpc) is 4.01. The third kappa shape index (κ3) is 6.86. The first-order valence-electron chi connectivity index (χ1n) is 23.6. The summed E-state index contributed by atoms with van der Waals surface area (Å²) in [5.74, 6) is 0.706. The van der Waals surface area contributed by atoms with E-state index in [1.807, 2.05) is 47.7 Å². The van der Waals surface area contributed by atoms with Crippen molar-refractivity contribution in [1.82, 2.24) is 15.0 Å². The summed E-state index contributed by atoms with van der Waals surface area (Å²) < 4.78 is 9.00. The lowest BCUT2D eigenvalue weighted by atomic mass is 9.95. The van der Waals surface area contributed by atoms with Gasteiger partial charge in [0.15, 0.2) is 5.82 Å². The molecule has 10 aromatic carbocycles. The molecule has 4 aromatic heterocycles. The first-order valence-corrected chi connectivity index (χ1v) is 24.4. The van der Waals surface area contributed by atoms with Gasteiger partial charge in [0, 0.05) is 69.4 Å². The van der Waals surface area contributed by atoms with Crippen LogP contribution in [-0.2, 0) is 0 Å². The topological polar surface area (TPSA) is 51.8 Å². The van der Waals surface area contributed by atoms with Crippen LogP contribution in [0.25, 0.3) is 142 Å². The number of hydrogen-bond donors (Lipinski definition) is 0. The number of pyridine rings is 1. The maximum atomic E-state index is 6.43. The number of benzene rings is 10. The highest BCUT2D eigenvalue weighted by Gasteiger charge is 2.18. The molecule has 14 aromatic rings. The normalized spacial score (nSPS) is 11.7. The Morgan fingerprint density at radius 1 is 0.300 bits per heavy atom. The van der Waals surface area contributed by atoms with Gasteiger partial charge in [0.1, 0.15) is 11.2 Å². The molecule has 70 heavy (non-hydrogen) atoms. The lowest BCUT2D eigenvalue weighted by Crippen LogP contribution is -1.95. The smallest absolute Gasteiger partial charge is 0.160 e. The van der Waals surface area contributed by atoms with Crippen LogP contribution in [0.15, 0.2) is 241 Å². The molecule has 0 spiro atoms. The van der Waals surface area contributed by atoms with Crippen LogP contribution in [0.4, 0.5) is 0 Å². The van der Waals surface area contributed by atoms with E-state index < -0.39 is 0 Å². The quantitative estimate of drug-likeness (QED) is 0.150. The molecule has 0 saturated heterocycles. The minimum Gasteiger partial charge on any atom is -0.456 e. The lowest BCUT2D eigenvalue weighted by molar-refractivity contribution is 0.669. The second-order valence-corrected chi connectivity index (χ2v) is 18.9. The molecule has 0 unspecified atom stereocenters. The van der Waals surface area contributed by atoms with Gasteiger partial charge in [-0.05, 0) is 88.0 Å². The van der Waals surface area contributed by atoms with Crippen molar-refractivity contribution >= 4 is 75.1 Å². The van der Waals surface area contributed by atoms with Crippen molar-refractivity contribution in [2.24, 2.45) is 0 Å². The second-order valence-electron chi connectivity index (χ2n) is 17.9. The summed E-state index contributed by atoms with van der Waals surface area (Å²) in [7, 11) is 0. The second kappa shape index (κ2) is 16.3. The Morgan fingerprint density at radius 3 is 1.49 bits per heavy atom.